The van der Waals surface area contributed by atoms with Crippen LogP contribution < -0.4 is 9.47 Å². The molecule has 7 nitrogen and oxygen atoms in total. The number of allylic oxidation sites excluding steroid dienone is 1. The summed E-state index contributed by atoms with van der Waals surface area (Å²) < 4.78 is 11.5. The van der Waals surface area contributed by atoms with Crippen LogP contribution in [0.3, 0.4) is 0 Å². The molecule has 1 N–H and O–H groups in total. The van der Waals surface area contributed by atoms with E-state index in [2.05, 4.69) is 6.92 Å². The molecule has 0 saturated carbocycles. The van der Waals surface area contributed by atoms with Crippen molar-refractivity contribution in [1.29, 1.82) is 0 Å². The number of likely N-dealkylation sites (N-methyl/N-ethyl adjacent to an activating group) is 1. The van der Waals surface area contributed by atoms with Gasteiger partial charge in [0.25, 0.3) is 5.91 Å². The molecule has 3 rings (SSSR count). The third-order valence-corrected chi connectivity index (χ3v) is 6.09. The minimum Gasteiger partial charge on any atom is -0.503 e. The third-order valence-electron chi connectivity index (χ3n) is 6.09. The topological polar surface area (TPSA) is 79.3 Å². The molecular formula is C29H36N2O5. The fraction of sp³-hybridized carbons (Fsp3) is 0.379. The Morgan fingerprint density at radius 3 is 2.53 bits per heavy atom. The fourth-order valence-corrected chi connectivity index (χ4v) is 4.12. The van der Waals surface area contributed by atoms with Crippen LogP contribution in [0.5, 0.6) is 11.5 Å². The summed E-state index contributed by atoms with van der Waals surface area (Å²) in [5, 5.41) is 10.8. The fourth-order valence-electron chi connectivity index (χ4n) is 4.12. The van der Waals surface area contributed by atoms with Crippen LogP contribution >= 0.6 is 0 Å². The van der Waals surface area contributed by atoms with Crippen molar-refractivity contribution in [1.82, 2.24) is 9.80 Å². The van der Waals surface area contributed by atoms with Crippen molar-refractivity contribution >= 4 is 17.8 Å². The molecule has 0 aromatic heterocycles. The van der Waals surface area contributed by atoms with Gasteiger partial charge in [-0.05, 0) is 49.9 Å². The van der Waals surface area contributed by atoms with Crippen LogP contribution in [0.2, 0.25) is 0 Å². The molecule has 1 amide bonds. The van der Waals surface area contributed by atoms with E-state index in [9.17, 15) is 14.7 Å². The van der Waals surface area contributed by atoms with E-state index in [1.54, 1.807) is 25.3 Å². The van der Waals surface area contributed by atoms with E-state index >= 15 is 0 Å². The zero-order chi connectivity index (χ0) is 26.1. The molecule has 2 aromatic rings. The number of unbranched alkanes of at least 4 members (excludes halogenated alkanes) is 2. The van der Waals surface area contributed by atoms with Crippen molar-refractivity contribution in [3.63, 3.8) is 0 Å². The van der Waals surface area contributed by atoms with E-state index in [-0.39, 0.29) is 5.57 Å². The summed E-state index contributed by atoms with van der Waals surface area (Å²) in [5.74, 6) is -0.369. The lowest BCUT2D eigenvalue weighted by molar-refractivity contribution is -0.129. The zero-order valence-corrected chi connectivity index (χ0v) is 21.6. The van der Waals surface area contributed by atoms with Crippen molar-refractivity contribution in [2.45, 2.75) is 32.2 Å². The number of hydrogen-bond donors (Lipinski definition) is 1. The zero-order valence-electron chi connectivity index (χ0n) is 21.6. The van der Waals surface area contributed by atoms with Gasteiger partial charge in [-0.15, -0.1) is 0 Å². The van der Waals surface area contributed by atoms with Crippen molar-refractivity contribution in [2.24, 2.45) is 0 Å². The molecular weight excluding hydrogens is 456 g/mol. The predicted molar refractivity (Wildman–Crippen MR) is 141 cm³/mol. The van der Waals surface area contributed by atoms with E-state index in [0.717, 1.165) is 24.8 Å². The van der Waals surface area contributed by atoms with Gasteiger partial charge < -0.3 is 24.4 Å². The van der Waals surface area contributed by atoms with Crippen molar-refractivity contribution < 1.29 is 24.2 Å². The van der Waals surface area contributed by atoms with Gasteiger partial charge in [0.2, 0.25) is 0 Å². The molecule has 0 radical (unpaired) electrons. The monoisotopic (exact) mass is 492 g/mol. The van der Waals surface area contributed by atoms with Gasteiger partial charge in [0.15, 0.2) is 23.0 Å². The SMILES string of the molecule is CCCCCOc1ccc(C2C(C(=O)C=Cc3ccccc3)=C(O)C(=O)N2CCN(C)C)cc1OC. The van der Waals surface area contributed by atoms with E-state index < -0.39 is 23.5 Å². The van der Waals surface area contributed by atoms with E-state index in [1.807, 2.05) is 55.4 Å². The Balaban J connectivity index is 1.96. The summed E-state index contributed by atoms with van der Waals surface area (Å²) in [5.41, 5.74) is 1.58. The van der Waals surface area contributed by atoms with Crippen LogP contribution in [0.15, 0.2) is 65.9 Å². The number of carbonyl (C=O) groups is 2. The highest BCUT2D eigenvalue weighted by molar-refractivity contribution is 6.14. The van der Waals surface area contributed by atoms with Gasteiger partial charge >= 0.3 is 0 Å². The average molecular weight is 493 g/mol. The number of carbonyl (C=O) groups excluding carboxylic acids is 2. The highest BCUT2D eigenvalue weighted by Crippen LogP contribution is 2.41. The van der Waals surface area contributed by atoms with E-state index in [4.69, 9.17) is 9.47 Å². The number of nitrogens with zero attached hydrogens (tertiary/aromatic N) is 2. The number of hydrogen-bond acceptors (Lipinski definition) is 6. The second-order valence-electron chi connectivity index (χ2n) is 9.04. The maximum Gasteiger partial charge on any atom is 0.290 e. The van der Waals surface area contributed by atoms with Crippen molar-refractivity contribution in [3.05, 3.63) is 77.1 Å². The summed E-state index contributed by atoms with van der Waals surface area (Å²) in [4.78, 5) is 29.9. The van der Waals surface area contributed by atoms with Gasteiger partial charge in [0, 0.05) is 13.1 Å². The molecule has 7 heteroatoms. The Labute approximate surface area is 213 Å². The van der Waals surface area contributed by atoms with Crippen LogP contribution in [0, 0.1) is 0 Å². The first-order chi connectivity index (χ1) is 17.4. The van der Waals surface area contributed by atoms with Crippen LogP contribution in [0.4, 0.5) is 0 Å². The summed E-state index contributed by atoms with van der Waals surface area (Å²) in [7, 11) is 5.38. The second kappa shape index (κ2) is 12.9. The van der Waals surface area contributed by atoms with E-state index in [1.165, 1.54) is 11.0 Å². The number of rotatable bonds is 13. The smallest absolute Gasteiger partial charge is 0.290 e. The molecule has 0 bridgehead atoms. The number of ketones is 1. The predicted octanol–water partition coefficient (Wildman–Crippen LogP) is 4.80. The molecule has 0 aliphatic carbocycles. The number of aliphatic hydroxyl groups is 1. The van der Waals surface area contributed by atoms with Gasteiger partial charge in [-0.2, -0.15) is 0 Å². The lowest BCUT2D eigenvalue weighted by atomic mass is 9.95. The summed E-state index contributed by atoms with van der Waals surface area (Å²) in [6, 6.07) is 14.1. The van der Waals surface area contributed by atoms with Crippen LogP contribution in [0.1, 0.15) is 43.4 Å². The van der Waals surface area contributed by atoms with Crippen LogP contribution in [-0.2, 0) is 9.59 Å². The number of aliphatic hydroxyl groups excluding tert-OH is 1. The summed E-state index contributed by atoms with van der Waals surface area (Å²) in [6.45, 7) is 3.64. The average Bonchev–Trinajstić information content (AvgIpc) is 3.14. The molecule has 1 heterocycles. The van der Waals surface area contributed by atoms with Crippen molar-refractivity contribution in [2.75, 3.05) is 40.9 Å². The maximum absolute atomic E-state index is 13.3. The number of ether oxygens (including phenoxy) is 2. The van der Waals surface area contributed by atoms with Gasteiger partial charge in [-0.25, -0.2) is 0 Å². The highest BCUT2D eigenvalue weighted by atomic mass is 16.5. The molecule has 36 heavy (non-hydrogen) atoms. The standard InChI is InChI=1S/C29H36N2O5/c1-5-6-10-19-36-24-16-14-22(20-25(24)35-4)27-26(23(32)15-13-21-11-8-7-9-12-21)28(33)29(34)31(27)18-17-30(2)3/h7-9,11-16,20,27,33H,5-6,10,17-19H2,1-4H3. The van der Waals surface area contributed by atoms with Gasteiger partial charge in [-0.1, -0.05) is 62.2 Å². The molecule has 1 atom stereocenters. The Hall–Kier alpha value is -3.58. The lowest BCUT2D eigenvalue weighted by Gasteiger charge is -2.28. The molecule has 2 aromatic carbocycles. The van der Waals surface area contributed by atoms with Gasteiger partial charge in [-0.3, -0.25) is 9.59 Å². The molecule has 1 aliphatic rings. The van der Waals surface area contributed by atoms with Gasteiger partial charge in [0.1, 0.15) is 0 Å². The van der Waals surface area contributed by atoms with E-state index in [0.29, 0.717) is 36.8 Å². The minimum atomic E-state index is -0.742. The van der Waals surface area contributed by atoms with Crippen LogP contribution in [-0.4, -0.2) is 67.5 Å². The molecule has 192 valence electrons. The molecule has 1 unspecified atom stereocenters. The molecule has 0 fully saturated rings. The first kappa shape index (κ1) is 27.0. The third kappa shape index (κ3) is 6.55. The Kier molecular flexibility index (Phi) is 9.70. The first-order valence-electron chi connectivity index (χ1n) is 12.3. The summed E-state index contributed by atoms with van der Waals surface area (Å²) in [6.07, 6.45) is 6.21. The summed E-state index contributed by atoms with van der Waals surface area (Å²) >= 11 is 0. The maximum atomic E-state index is 13.3. The number of methoxy groups -OCH3 is 1. The van der Waals surface area contributed by atoms with Crippen molar-refractivity contribution in [3.8, 4) is 11.5 Å². The number of amides is 1. The Morgan fingerprint density at radius 2 is 1.86 bits per heavy atom. The first-order valence-corrected chi connectivity index (χ1v) is 12.3. The molecule has 1 aliphatic heterocycles. The quantitative estimate of drug-likeness (QED) is 0.320. The minimum absolute atomic E-state index is 0.0598. The van der Waals surface area contributed by atoms with Crippen LogP contribution in [0.25, 0.3) is 6.08 Å². The Bertz CT molecular complexity index is 1110. The lowest BCUT2D eigenvalue weighted by Crippen LogP contribution is -2.36. The Morgan fingerprint density at radius 1 is 1.11 bits per heavy atom. The molecule has 0 saturated heterocycles. The largest absolute Gasteiger partial charge is 0.503 e. The highest BCUT2D eigenvalue weighted by Gasteiger charge is 2.43. The molecule has 0 spiro atoms. The number of benzene rings is 2. The van der Waals surface area contributed by atoms with Gasteiger partial charge in [0.05, 0.1) is 25.3 Å². The second-order valence-corrected chi connectivity index (χ2v) is 9.04. The normalized spacial score (nSPS) is 15.9.